The van der Waals surface area contributed by atoms with Crippen molar-refractivity contribution >= 4 is 26.1 Å². The molecule has 0 atom stereocenters. The SMILES string of the molecule is CC(C)c1cc(C(C)C)[c]([Sn])c(C(C)C)c1. The molecule has 0 saturated heterocycles. The summed E-state index contributed by atoms with van der Waals surface area (Å²) in [5.74, 6) is 1.92. The molecule has 0 saturated carbocycles. The number of benzene rings is 1. The fourth-order valence-electron chi connectivity index (χ4n) is 1.96. The molecule has 1 aromatic rings. The van der Waals surface area contributed by atoms with E-state index in [0.717, 1.165) is 0 Å². The van der Waals surface area contributed by atoms with Gasteiger partial charge < -0.3 is 0 Å². The molecule has 1 rings (SSSR count). The zero-order valence-corrected chi connectivity index (χ0v) is 14.2. The molecule has 0 unspecified atom stereocenters. The van der Waals surface area contributed by atoms with Gasteiger partial charge in [-0.1, -0.05) is 0 Å². The first-order valence-corrected chi connectivity index (χ1v) is 7.66. The van der Waals surface area contributed by atoms with Gasteiger partial charge in [-0.25, -0.2) is 0 Å². The van der Waals surface area contributed by atoms with Crippen molar-refractivity contribution in [2.24, 2.45) is 0 Å². The van der Waals surface area contributed by atoms with E-state index < -0.39 is 0 Å². The van der Waals surface area contributed by atoms with Gasteiger partial charge in [0.2, 0.25) is 0 Å². The van der Waals surface area contributed by atoms with Crippen LogP contribution in [-0.4, -0.2) is 22.5 Å². The Labute approximate surface area is 114 Å². The summed E-state index contributed by atoms with van der Waals surface area (Å²) in [5.41, 5.74) is 4.62. The van der Waals surface area contributed by atoms with Gasteiger partial charge in [0, 0.05) is 0 Å². The van der Waals surface area contributed by atoms with Crippen LogP contribution in [0.5, 0.6) is 0 Å². The summed E-state index contributed by atoms with van der Waals surface area (Å²) < 4.78 is 1.58. The molecular weight excluding hydrogens is 299 g/mol. The van der Waals surface area contributed by atoms with Gasteiger partial charge in [0.25, 0.3) is 0 Å². The molecule has 0 spiro atoms. The van der Waals surface area contributed by atoms with E-state index in [4.69, 9.17) is 0 Å². The van der Waals surface area contributed by atoms with Crippen molar-refractivity contribution < 1.29 is 0 Å². The Balaban J connectivity index is 3.39. The van der Waals surface area contributed by atoms with Crippen LogP contribution in [0.15, 0.2) is 12.1 Å². The molecule has 0 aliphatic rings. The Hall–Kier alpha value is 0.0187. The van der Waals surface area contributed by atoms with Gasteiger partial charge in [-0.2, -0.15) is 0 Å². The van der Waals surface area contributed by atoms with Crippen LogP contribution in [0.25, 0.3) is 0 Å². The Morgan fingerprint density at radius 2 is 1.12 bits per heavy atom. The molecule has 3 radical (unpaired) electrons. The summed E-state index contributed by atoms with van der Waals surface area (Å²) in [6.45, 7) is 13.8. The molecule has 0 N–H and O–H groups in total. The van der Waals surface area contributed by atoms with Crippen molar-refractivity contribution in [3.8, 4) is 0 Å². The van der Waals surface area contributed by atoms with E-state index in [1.807, 2.05) is 0 Å². The summed E-state index contributed by atoms with van der Waals surface area (Å²) in [5, 5.41) is 0. The standard InChI is InChI=1S/C15H23.Sn/c1-10(2)13-7-14(11(3)4)9-15(8-13)12(5)6;/h7-8,10-12H,1-6H3;. The molecule has 0 aliphatic heterocycles. The first-order chi connectivity index (χ1) is 7.34. The van der Waals surface area contributed by atoms with Gasteiger partial charge in [0.15, 0.2) is 0 Å². The van der Waals surface area contributed by atoms with Crippen LogP contribution in [-0.2, 0) is 0 Å². The maximum absolute atomic E-state index is 2.42. The van der Waals surface area contributed by atoms with Crippen molar-refractivity contribution in [1.29, 1.82) is 0 Å². The van der Waals surface area contributed by atoms with Crippen LogP contribution in [0.2, 0.25) is 0 Å². The maximum atomic E-state index is 2.42. The first kappa shape index (κ1) is 14.1. The molecule has 87 valence electrons. The van der Waals surface area contributed by atoms with Crippen LogP contribution in [0.3, 0.4) is 0 Å². The van der Waals surface area contributed by atoms with E-state index in [-0.39, 0.29) is 0 Å². The van der Waals surface area contributed by atoms with Gasteiger partial charge in [-0.3, -0.25) is 0 Å². The molecular formula is C15H23Sn. The fraction of sp³-hybridized carbons (Fsp3) is 0.600. The number of hydrogen-bond acceptors (Lipinski definition) is 0. The summed E-state index contributed by atoms with van der Waals surface area (Å²) >= 11 is 1.56. The predicted molar refractivity (Wildman–Crippen MR) is 74.1 cm³/mol. The Kier molecular flexibility index (Phi) is 4.90. The Bertz CT molecular complexity index is 333. The van der Waals surface area contributed by atoms with Gasteiger partial charge in [-0.15, -0.1) is 0 Å². The van der Waals surface area contributed by atoms with E-state index in [1.54, 1.807) is 37.2 Å². The molecule has 16 heavy (non-hydrogen) atoms. The molecule has 0 amide bonds. The average molecular weight is 322 g/mol. The predicted octanol–water partition coefficient (Wildman–Crippen LogP) is 3.85. The molecule has 0 heterocycles. The molecule has 0 fully saturated rings. The summed E-state index contributed by atoms with van der Waals surface area (Å²) in [7, 11) is 0. The second-order valence-corrected chi connectivity index (χ2v) is 6.97. The second-order valence-electron chi connectivity index (χ2n) is 5.54. The molecule has 1 aromatic carbocycles. The van der Waals surface area contributed by atoms with Gasteiger partial charge in [0.05, 0.1) is 0 Å². The number of hydrogen-bond donors (Lipinski definition) is 0. The van der Waals surface area contributed by atoms with Crippen LogP contribution >= 0.6 is 0 Å². The summed E-state index contributed by atoms with van der Waals surface area (Å²) in [4.78, 5) is 0. The van der Waals surface area contributed by atoms with Crippen molar-refractivity contribution in [3.05, 3.63) is 28.8 Å². The van der Waals surface area contributed by atoms with Crippen LogP contribution in [0, 0.1) is 0 Å². The van der Waals surface area contributed by atoms with Gasteiger partial charge >= 0.3 is 114 Å². The minimum atomic E-state index is 0.631. The van der Waals surface area contributed by atoms with Crippen molar-refractivity contribution in [2.45, 2.75) is 59.3 Å². The van der Waals surface area contributed by atoms with Crippen molar-refractivity contribution in [2.75, 3.05) is 0 Å². The zero-order chi connectivity index (χ0) is 12.5. The topological polar surface area (TPSA) is 0 Å². The Morgan fingerprint density at radius 3 is 1.38 bits per heavy atom. The summed E-state index contributed by atoms with van der Waals surface area (Å²) in [6, 6.07) is 4.84. The van der Waals surface area contributed by atoms with E-state index in [2.05, 4.69) is 53.7 Å². The van der Waals surface area contributed by atoms with E-state index in [1.165, 1.54) is 5.56 Å². The number of rotatable bonds is 3. The van der Waals surface area contributed by atoms with Crippen molar-refractivity contribution in [1.82, 2.24) is 0 Å². The normalized spacial score (nSPS) is 11.9. The van der Waals surface area contributed by atoms with Crippen molar-refractivity contribution in [3.63, 3.8) is 0 Å². The molecule has 0 bridgehead atoms. The third kappa shape index (κ3) is 3.03. The summed E-state index contributed by atoms with van der Waals surface area (Å²) in [6.07, 6.45) is 0. The first-order valence-electron chi connectivity index (χ1n) is 6.23. The van der Waals surface area contributed by atoms with E-state index >= 15 is 0 Å². The molecule has 0 nitrogen and oxygen atoms in total. The van der Waals surface area contributed by atoms with E-state index in [9.17, 15) is 0 Å². The quantitative estimate of drug-likeness (QED) is 0.742. The van der Waals surface area contributed by atoms with Crippen LogP contribution < -0.4 is 3.58 Å². The minimum absolute atomic E-state index is 0.631. The fourth-order valence-corrected chi connectivity index (χ4v) is 4.02. The zero-order valence-electron chi connectivity index (χ0n) is 11.4. The monoisotopic (exact) mass is 323 g/mol. The molecule has 0 aliphatic carbocycles. The third-order valence-corrected chi connectivity index (χ3v) is 4.78. The molecule has 1 heteroatoms. The average Bonchev–Trinajstić information content (AvgIpc) is 2.16. The van der Waals surface area contributed by atoms with Gasteiger partial charge in [0.1, 0.15) is 0 Å². The van der Waals surface area contributed by atoms with E-state index in [0.29, 0.717) is 17.8 Å². The molecule has 0 aromatic heterocycles. The Morgan fingerprint density at radius 1 is 0.750 bits per heavy atom. The van der Waals surface area contributed by atoms with Crippen LogP contribution in [0.1, 0.15) is 76.0 Å². The second kappa shape index (κ2) is 5.57. The third-order valence-electron chi connectivity index (χ3n) is 3.13. The van der Waals surface area contributed by atoms with Gasteiger partial charge in [-0.05, 0) is 0 Å². The van der Waals surface area contributed by atoms with Crippen LogP contribution in [0.4, 0.5) is 0 Å².